The fourth-order valence-corrected chi connectivity index (χ4v) is 5.24. The zero-order valence-corrected chi connectivity index (χ0v) is 25.8. The van der Waals surface area contributed by atoms with Crippen LogP contribution >= 0.6 is 0 Å². The minimum Gasteiger partial charge on any atom is -0.494 e. The maximum atomic E-state index is 12.0. The average molecular weight is 598 g/mol. The number of unbranched alkanes of at least 4 members (excludes halogenated alkanes) is 8. The molecule has 0 radical (unpaired) electrons. The lowest BCUT2D eigenvalue weighted by Gasteiger charge is -2.12. The van der Waals surface area contributed by atoms with Crippen LogP contribution in [0.5, 0.6) is 5.75 Å². The SMILES string of the molecule is CNC(CCCCNC(=O)CCCCCCCCCC[n+]1c2ccccc2nc2c(OC)cccc21)C(C)=O.O=[N+]([O-])[O-]. The Morgan fingerprint density at radius 3 is 2.19 bits per heavy atom. The van der Waals surface area contributed by atoms with Gasteiger partial charge in [-0.15, -0.1) is 0 Å². The minimum absolute atomic E-state index is 0.0636. The average Bonchev–Trinajstić information content (AvgIpc) is 2.98. The van der Waals surface area contributed by atoms with Gasteiger partial charge in [-0.2, -0.15) is 4.57 Å². The third-order valence-electron chi connectivity index (χ3n) is 7.51. The van der Waals surface area contributed by atoms with Gasteiger partial charge in [0.05, 0.1) is 18.2 Å². The van der Waals surface area contributed by atoms with E-state index in [4.69, 9.17) is 25.0 Å². The van der Waals surface area contributed by atoms with E-state index in [0.717, 1.165) is 72.9 Å². The molecule has 43 heavy (non-hydrogen) atoms. The molecule has 1 unspecified atom stereocenters. The van der Waals surface area contributed by atoms with Crippen LogP contribution in [-0.2, 0) is 16.1 Å². The summed E-state index contributed by atoms with van der Waals surface area (Å²) in [6.45, 7) is 3.28. The van der Waals surface area contributed by atoms with Gasteiger partial charge < -0.3 is 30.7 Å². The van der Waals surface area contributed by atoms with Crippen molar-refractivity contribution < 1.29 is 24.0 Å². The molecule has 1 atom stereocenters. The van der Waals surface area contributed by atoms with E-state index in [1.165, 1.54) is 32.1 Å². The number of ether oxygens (including phenoxy) is 1. The molecular formula is C32H47N5O6. The topological polar surface area (TPSA) is 150 Å². The number of Topliss-reactive ketones (excluding diaryl/α,β-unsaturated/α-hetero) is 1. The Bertz CT molecular complexity index is 1300. The van der Waals surface area contributed by atoms with Crippen LogP contribution in [-0.4, -0.2) is 48.5 Å². The minimum atomic E-state index is -1.75. The quantitative estimate of drug-likeness (QED) is 0.0611. The van der Waals surface area contributed by atoms with Crippen molar-refractivity contribution in [2.24, 2.45) is 0 Å². The number of amides is 1. The summed E-state index contributed by atoms with van der Waals surface area (Å²) < 4.78 is 7.96. The molecule has 1 heterocycles. The second-order valence-electron chi connectivity index (χ2n) is 10.7. The molecule has 0 aliphatic carbocycles. The third kappa shape index (κ3) is 12.9. The second kappa shape index (κ2) is 20.1. The van der Waals surface area contributed by atoms with E-state index in [-0.39, 0.29) is 17.7 Å². The van der Waals surface area contributed by atoms with Crippen molar-refractivity contribution in [1.29, 1.82) is 0 Å². The van der Waals surface area contributed by atoms with Crippen molar-refractivity contribution in [3.05, 3.63) is 57.8 Å². The monoisotopic (exact) mass is 597 g/mol. The van der Waals surface area contributed by atoms with Gasteiger partial charge in [-0.25, -0.2) is 4.98 Å². The summed E-state index contributed by atoms with van der Waals surface area (Å²) in [5.74, 6) is 1.14. The summed E-state index contributed by atoms with van der Waals surface area (Å²) in [5, 5.41) is 20.8. The first-order valence-corrected chi connectivity index (χ1v) is 15.3. The zero-order valence-electron chi connectivity index (χ0n) is 25.8. The number of nitrogens with zero attached hydrogens (tertiary/aromatic N) is 3. The lowest BCUT2D eigenvalue weighted by Crippen LogP contribution is -2.36. The summed E-state index contributed by atoms with van der Waals surface area (Å²) in [6.07, 6.45) is 12.6. The summed E-state index contributed by atoms with van der Waals surface area (Å²) >= 11 is 0. The van der Waals surface area contributed by atoms with Gasteiger partial charge in [0, 0.05) is 31.5 Å². The number of methoxy groups -OCH3 is 1. The van der Waals surface area contributed by atoms with E-state index in [1.807, 2.05) is 25.2 Å². The second-order valence-corrected chi connectivity index (χ2v) is 10.7. The summed E-state index contributed by atoms with van der Waals surface area (Å²) in [4.78, 5) is 36.6. The number of benzene rings is 2. The Hall–Kier alpha value is -3.86. The Balaban J connectivity index is 0.00000151. The van der Waals surface area contributed by atoms with Crippen LogP contribution in [0.25, 0.3) is 22.1 Å². The number of nitrogens with one attached hydrogen (secondary N) is 2. The molecule has 3 rings (SSSR count). The molecule has 0 bridgehead atoms. The number of carbonyl (C=O) groups is 2. The molecule has 1 aromatic heterocycles. The number of carbonyl (C=O) groups excluding carboxylic acids is 2. The van der Waals surface area contributed by atoms with Gasteiger partial charge in [-0.3, -0.25) is 9.59 Å². The van der Waals surface area contributed by atoms with Crippen LogP contribution in [0.15, 0.2) is 42.5 Å². The van der Waals surface area contributed by atoms with Crippen LogP contribution in [0.4, 0.5) is 0 Å². The molecule has 0 spiro atoms. The summed E-state index contributed by atoms with van der Waals surface area (Å²) in [7, 11) is 3.52. The van der Waals surface area contributed by atoms with Crippen LogP contribution in [0.3, 0.4) is 0 Å². The third-order valence-corrected chi connectivity index (χ3v) is 7.51. The molecule has 0 aliphatic heterocycles. The van der Waals surface area contributed by atoms with E-state index in [0.29, 0.717) is 13.0 Å². The Morgan fingerprint density at radius 1 is 0.907 bits per heavy atom. The maximum absolute atomic E-state index is 12.0. The first-order valence-electron chi connectivity index (χ1n) is 15.3. The number of aryl methyl sites for hydroxylation is 1. The fraction of sp³-hybridized carbons (Fsp3) is 0.562. The summed E-state index contributed by atoms with van der Waals surface area (Å²) in [6, 6.07) is 14.4. The van der Waals surface area contributed by atoms with E-state index >= 15 is 0 Å². The highest BCUT2D eigenvalue weighted by Crippen LogP contribution is 2.24. The van der Waals surface area contributed by atoms with Gasteiger partial charge in [0.2, 0.25) is 16.9 Å². The number of hydrogen-bond donors (Lipinski definition) is 2. The first-order chi connectivity index (χ1) is 20.8. The molecular weight excluding hydrogens is 550 g/mol. The number of likely N-dealkylation sites (N-methyl/N-ethyl adjacent to an activating group) is 1. The highest BCUT2D eigenvalue weighted by atomic mass is 16.9. The normalized spacial score (nSPS) is 11.5. The number of fused-ring (bicyclic) bond motifs is 2. The van der Waals surface area contributed by atoms with Gasteiger partial charge in [0.15, 0.2) is 11.3 Å². The smallest absolute Gasteiger partial charge is 0.235 e. The lowest BCUT2D eigenvalue weighted by molar-refractivity contribution is -0.646. The van der Waals surface area contributed by atoms with Gasteiger partial charge >= 0.3 is 0 Å². The molecule has 0 fully saturated rings. The first kappa shape index (κ1) is 35.3. The van der Waals surface area contributed by atoms with E-state index in [2.05, 4.69) is 39.5 Å². The standard InChI is InChI=1S/C32H46N4O3.NO3/c1-25(37)26(33-2)17-13-14-23-34-31(38)22-10-8-6-4-5-7-9-15-24-36-28-19-12-11-18-27(28)35-32-29(36)20-16-21-30(32)39-3;2-1(3)4/h11-12,16,18-21,26,33H,4-10,13-15,17,22-24H2,1-3H3;/q;-1/p+1. The zero-order chi connectivity index (χ0) is 31.5. The highest BCUT2D eigenvalue weighted by molar-refractivity contribution is 5.85. The largest absolute Gasteiger partial charge is 0.494 e. The van der Waals surface area contributed by atoms with Crippen molar-refractivity contribution >= 4 is 33.8 Å². The Morgan fingerprint density at radius 2 is 1.53 bits per heavy atom. The predicted octanol–water partition coefficient (Wildman–Crippen LogP) is 5.42. The number of ketones is 1. The fourth-order valence-electron chi connectivity index (χ4n) is 5.24. The molecule has 236 valence electrons. The van der Waals surface area contributed by atoms with Gasteiger partial charge in [0.25, 0.3) is 0 Å². The maximum Gasteiger partial charge on any atom is 0.235 e. The molecule has 11 heteroatoms. The van der Waals surface area contributed by atoms with Crippen LogP contribution in [0, 0.1) is 15.3 Å². The van der Waals surface area contributed by atoms with Crippen LogP contribution in [0.2, 0.25) is 0 Å². The number of rotatable bonds is 19. The summed E-state index contributed by atoms with van der Waals surface area (Å²) in [5.41, 5.74) is 4.19. The Labute approximate surface area is 254 Å². The molecule has 2 N–H and O–H groups in total. The van der Waals surface area contributed by atoms with Crippen molar-refractivity contribution in [3.8, 4) is 5.75 Å². The van der Waals surface area contributed by atoms with Gasteiger partial charge in [0.1, 0.15) is 17.8 Å². The molecule has 0 saturated heterocycles. The molecule has 2 aromatic carbocycles. The Kier molecular flexibility index (Phi) is 16.5. The predicted molar refractivity (Wildman–Crippen MR) is 168 cm³/mol. The van der Waals surface area contributed by atoms with Crippen molar-refractivity contribution in [3.63, 3.8) is 0 Å². The van der Waals surface area contributed by atoms with E-state index in [9.17, 15) is 9.59 Å². The molecule has 1 amide bonds. The van der Waals surface area contributed by atoms with Crippen molar-refractivity contribution in [2.45, 2.75) is 96.6 Å². The van der Waals surface area contributed by atoms with Crippen molar-refractivity contribution in [1.82, 2.24) is 15.6 Å². The van der Waals surface area contributed by atoms with Gasteiger partial charge in [-0.1, -0.05) is 50.3 Å². The van der Waals surface area contributed by atoms with E-state index < -0.39 is 5.09 Å². The molecule has 11 nitrogen and oxygen atoms in total. The highest BCUT2D eigenvalue weighted by Gasteiger charge is 2.18. The van der Waals surface area contributed by atoms with E-state index in [1.54, 1.807) is 14.0 Å². The number of hydrogen-bond acceptors (Lipinski definition) is 8. The van der Waals surface area contributed by atoms with Crippen LogP contribution in [0.1, 0.15) is 84.0 Å². The van der Waals surface area contributed by atoms with Gasteiger partial charge in [-0.05, 0) is 58.2 Å². The molecule has 0 aliphatic rings. The number of aromatic nitrogens is 2. The molecule has 3 aromatic rings. The van der Waals surface area contributed by atoms with Crippen LogP contribution < -0.4 is 19.9 Å². The number of para-hydroxylation sites is 3. The molecule has 0 saturated carbocycles. The lowest BCUT2D eigenvalue weighted by atomic mass is 10.1. The van der Waals surface area contributed by atoms with Crippen molar-refractivity contribution in [2.75, 3.05) is 20.7 Å².